The van der Waals surface area contributed by atoms with E-state index in [4.69, 9.17) is 9.47 Å². The van der Waals surface area contributed by atoms with Crippen molar-refractivity contribution in [2.45, 2.75) is 63.3 Å². The Morgan fingerprint density at radius 3 is 2.54 bits per heavy atom. The van der Waals surface area contributed by atoms with Crippen LogP contribution in [0.4, 0.5) is 20.6 Å². The van der Waals surface area contributed by atoms with E-state index in [2.05, 4.69) is 15.0 Å². The zero-order chi connectivity index (χ0) is 35.0. The quantitative estimate of drug-likeness (QED) is 0.316. The Labute approximate surface area is 281 Å². The Kier molecular flexibility index (Phi) is 12.4. The van der Waals surface area contributed by atoms with Crippen LogP contribution in [-0.2, 0) is 21.8 Å². The van der Waals surface area contributed by atoms with Crippen LogP contribution in [-0.4, -0.2) is 96.4 Å². The molecule has 0 saturated heterocycles. The SMILES string of the molecule is C[C@@H]1CN([C@@H](C)CO)C(=O)c2cc(NS(=O)(=O)c3cn(C)cn3)ccc2O[C@@H](C)CCCCO[C@H]1CN(C)C(=O)Nc1ccc(F)cc1. The molecule has 0 aliphatic carbocycles. The van der Waals surface area contributed by atoms with Gasteiger partial charge in [-0.1, -0.05) is 6.92 Å². The van der Waals surface area contributed by atoms with Crippen molar-refractivity contribution >= 4 is 33.3 Å². The Morgan fingerprint density at radius 2 is 1.88 bits per heavy atom. The summed E-state index contributed by atoms with van der Waals surface area (Å²) >= 11 is 0. The van der Waals surface area contributed by atoms with Gasteiger partial charge in [0.15, 0.2) is 5.03 Å². The topological polar surface area (TPSA) is 155 Å². The van der Waals surface area contributed by atoms with Gasteiger partial charge in [0, 0.05) is 57.3 Å². The third-order valence-corrected chi connectivity index (χ3v) is 9.42. The lowest BCUT2D eigenvalue weighted by atomic mass is 10.0. The maximum absolute atomic E-state index is 14.3. The molecule has 1 aliphatic heterocycles. The second-order valence-corrected chi connectivity index (χ2v) is 13.9. The minimum Gasteiger partial charge on any atom is -0.490 e. The number of ether oxygens (including phenoxy) is 2. The number of carbonyl (C=O) groups is 2. The summed E-state index contributed by atoms with van der Waals surface area (Å²) in [4.78, 5) is 34.2. The average molecular weight is 689 g/mol. The molecule has 48 heavy (non-hydrogen) atoms. The number of imidazole rings is 1. The molecule has 15 heteroatoms. The lowest BCUT2D eigenvalue weighted by Gasteiger charge is -2.35. The normalized spacial score (nSPS) is 20.2. The first-order chi connectivity index (χ1) is 22.8. The minimum atomic E-state index is -4.05. The number of nitrogens with one attached hydrogen (secondary N) is 2. The fraction of sp³-hybridized carbons (Fsp3) is 0.485. The number of aliphatic hydroxyl groups is 1. The number of anilines is 2. The van der Waals surface area contributed by atoms with Crippen LogP contribution in [0.3, 0.4) is 0 Å². The molecule has 2 heterocycles. The van der Waals surface area contributed by atoms with E-state index in [1.807, 2.05) is 13.8 Å². The fourth-order valence-corrected chi connectivity index (χ4v) is 6.32. The standard InChI is InChI=1S/C33H45FN6O7S/c1-22-17-40(23(2)20-41)32(42)28-16-27(37-48(44,45)31-19-38(4)21-35-31)13-14-29(28)47-24(3)8-6-7-15-46-30(22)18-39(5)33(43)36-26-11-9-25(34)10-12-26/h9-14,16,19,21-24,30,37,41H,6-8,15,17-18,20H2,1-5H3,(H,36,43)/t22-,23+,24+,30+/m1/s1. The molecule has 4 atom stereocenters. The number of rotatable bonds is 8. The summed E-state index contributed by atoms with van der Waals surface area (Å²) in [7, 11) is -0.762. The Hall–Kier alpha value is -4.21. The number of carbonyl (C=O) groups excluding carboxylic acids is 2. The zero-order valence-electron chi connectivity index (χ0n) is 27.9. The van der Waals surface area contributed by atoms with Gasteiger partial charge in [-0.05, 0) is 75.6 Å². The molecule has 0 fully saturated rings. The van der Waals surface area contributed by atoms with Crippen molar-refractivity contribution in [2.75, 3.05) is 43.4 Å². The van der Waals surface area contributed by atoms with E-state index in [9.17, 15) is 27.5 Å². The third-order valence-electron chi connectivity index (χ3n) is 8.16. The minimum absolute atomic E-state index is 0.126. The number of aliphatic hydroxyl groups excluding tert-OH is 1. The number of hydrogen-bond acceptors (Lipinski definition) is 8. The van der Waals surface area contributed by atoms with Gasteiger partial charge in [-0.2, -0.15) is 8.42 Å². The molecule has 1 aromatic heterocycles. The number of hydrogen-bond donors (Lipinski definition) is 3. The smallest absolute Gasteiger partial charge is 0.321 e. The van der Waals surface area contributed by atoms with Crippen molar-refractivity contribution in [3.63, 3.8) is 0 Å². The van der Waals surface area contributed by atoms with Crippen LogP contribution in [0.15, 0.2) is 60.0 Å². The molecule has 0 spiro atoms. The molecular weight excluding hydrogens is 643 g/mol. The number of nitrogens with zero attached hydrogens (tertiary/aromatic N) is 4. The molecule has 0 unspecified atom stereocenters. The number of aryl methyl sites for hydroxylation is 1. The second kappa shape index (κ2) is 16.3. The fourth-order valence-electron chi connectivity index (χ4n) is 5.29. The van der Waals surface area contributed by atoms with Crippen LogP contribution in [0.5, 0.6) is 5.75 Å². The second-order valence-electron chi connectivity index (χ2n) is 12.3. The van der Waals surface area contributed by atoms with Crippen molar-refractivity contribution in [1.82, 2.24) is 19.4 Å². The molecule has 2 aromatic carbocycles. The molecular formula is C33H45FN6O7S. The third kappa shape index (κ3) is 9.67. The van der Waals surface area contributed by atoms with E-state index in [0.717, 1.165) is 12.8 Å². The number of urea groups is 1. The average Bonchev–Trinajstić information content (AvgIpc) is 3.50. The first-order valence-corrected chi connectivity index (χ1v) is 17.4. The summed E-state index contributed by atoms with van der Waals surface area (Å²) in [5, 5.41) is 12.8. The molecule has 0 saturated carbocycles. The summed E-state index contributed by atoms with van der Waals surface area (Å²) in [5.74, 6) is -0.896. The largest absolute Gasteiger partial charge is 0.490 e. The predicted octanol–water partition coefficient (Wildman–Crippen LogP) is 4.32. The van der Waals surface area contributed by atoms with Gasteiger partial charge in [-0.15, -0.1) is 0 Å². The highest BCUT2D eigenvalue weighted by molar-refractivity contribution is 7.92. The summed E-state index contributed by atoms with van der Waals surface area (Å²) in [6.07, 6.45) is 4.17. The molecule has 3 amide bonds. The van der Waals surface area contributed by atoms with Crippen molar-refractivity contribution in [1.29, 1.82) is 0 Å². The van der Waals surface area contributed by atoms with E-state index >= 15 is 0 Å². The van der Waals surface area contributed by atoms with Gasteiger partial charge in [0.25, 0.3) is 15.9 Å². The molecule has 3 aromatic rings. The van der Waals surface area contributed by atoms with Gasteiger partial charge in [0.2, 0.25) is 0 Å². The van der Waals surface area contributed by atoms with Crippen LogP contribution < -0.4 is 14.8 Å². The van der Waals surface area contributed by atoms with E-state index in [1.54, 1.807) is 27.1 Å². The van der Waals surface area contributed by atoms with Crippen molar-refractivity contribution in [3.05, 3.63) is 66.4 Å². The van der Waals surface area contributed by atoms with Gasteiger partial charge >= 0.3 is 6.03 Å². The number of fused-ring (bicyclic) bond motifs is 1. The lowest BCUT2D eigenvalue weighted by molar-refractivity contribution is -0.0115. The lowest BCUT2D eigenvalue weighted by Crippen LogP contribution is -2.48. The molecule has 1 aliphatic rings. The van der Waals surface area contributed by atoms with Crippen molar-refractivity contribution in [2.24, 2.45) is 13.0 Å². The van der Waals surface area contributed by atoms with Crippen LogP contribution in [0.2, 0.25) is 0 Å². The van der Waals surface area contributed by atoms with E-state index in [1.165, 1.54) is 63.3 Å². The first kappa shape index (κ1) is 36.6. The van der Waals surface area contributed by atoms with Crippen LogP contribution in [0.1, 0.15) is 50.4 Å². The molecule has 3 N–H and O–H groups in total. The molecule has 13 nitrogen and oxygen atoms in total. The number of halogens is 1. The van der Waals surface area contributed by atoms with Gasteiger partial charge in [-0.25, -0.2) is 14.2 Å². The maximum atomic E-state index is 14.3. The summed E-state index contributed by atoms with van der Waals surface area (Å²) in [5.41, 5.74) is 0.712. The van der Waals surface area contributed by atoms with Crippen LogP contribution >= 0.6 is 0 Å². The number of sulfonamides is 1. The van der Waals surface area contributed by atoms with Crippen molar-refractivity contribution < 1.29 is 37.0 Å². The monoisotopic (exact) mass is 688 g/mol. The Balaban J connectivity index is 1.62. The van der Waals surface area contributed by atoms with E-state index < -0.39 is 39.9 Å². The number of likely N-dealkylation sites (N-methyl/N-ethyl adjacent to an activating group) is 1. The Morgan fingerprint density at radius 1 is 1.17 bits per heavy atom. The predicted molar refractivity (Wildman–Crippen MR) is 179 cm³/mol. The number of benzene rings is 2. The maximum Gasteiger partial charge on any atom is 0.321 e. The summed E-state index contributed by atoms with van der Waals surface area (Å²) in [6, 6.07) is 8.96. The van der Waals surface area contributed by atoms with Gasteiger partial charge in [-0.3, -0.25) is 9.52 Å². The van der Waals surface area contributed by atoms with E-state index in [0.29, 0.717) is 18.7 Å². The highest BCUT2D eigenvalue weighted by atomic mass is 32.2. The zero-order valence-corrected chi connectivity index (χ0v) is 28.7. The van der Waals surface area contributed by atoms with Gasteiger partial charge < -0.3 is 34.3 Å². The van der Waals surface area contributed by atoms with Gasteiger partial charge in [0.05, 0.1) is 36.7 Å². The summed E-state index contributed by atoms with van der Waals surface area (Å²) < 4.78 is 56.0. The Bertz CT molecular complexity index is 1650. The highest BCUT2D eigenvalue weighted by Crippen LogP contribution is 2.29. The van der Waals surface area contributed by atoms with Crippen molar-refractivity contribution in [3.8, 4) is 5.75 Å². The molecule has 0 bridgehead atoms. The molecule has 0 radical (unpaired) electrons. The highest BCUT2D eigenvalue weighted by Gasteiger charge is 2.31. The number of amides is 3. The number of aromatic nitrogens is 2. The van der Waals surface area contributed by atoms with E-state index in [-0.39, 0.29) is 53.7 Å². The van der Waals surface area contributed by atoms with Gasteiger partial charge in [0.1, 0.15) is 11.6 Å². The van der Waals surface area contributed by atoms with Crippen LogP contribution in [0.25, 0.3) is 0 Å². The first-order valence-electron chi connectivity index (χ1n) is 15.9. The van der Waals surface area contributed by atoms with Crippen LogP contribution in [0, 0.1) is 11.7 Å². The molecule has 4 rings (SSSR count). The molecule has 262 valence electrons. The summed E-state index contributed by atoms with van der Waals surface area (Å²) in [6.45, 7) is 5.95.